The maximum Gasteiger partial charge on any atom is 0.123 e. The second-order valence-electron chi connectivity index (χ2n) is 2.79. The highest BCUT2D eigenvalue weighted by atomic mass is 16.1. The van der Waals surface area contributed by atoms with E-state index in [2.05, 4.69) is 15.6 Å². The number of rotatable bonds is 2. The smallest absolute Gasteiger partial charge is 0.123 e. The van der Waals surface area contributed by atoms with Crippen LogP contribution in [0.2, 0.25) is 0 Å². The summed E-state index contributed by atoms with van der Waals surface area (Å²) in [7, 11) is 0. The molecule has 0 radical (unpaired) electrons. The summed E-state index contributed by atoms with van der Waals surface area (Å²) in [5.74, 6) is 0. The minimum atomic E-state index is 0.00810. The normalized spacial score (nSPS) is 21.8. The third-order valence-electron chi connectivity index (χ3n) is 2.02. The van der Waals surface area contributed by atoms with Gasteiger partial charge in [-0.3, -0.25) is 5.32 Å². The zero-order chi connectivity index (χ0) is 8.39. The van der Waals surface area contributed by atoms with E-state index in [0.29, 0.717) is 6.42 Å². The lowest BCUT2D eigenvalue weighted by Crippen LogP contribution is -2.35. The molecule has 2 heterocycles. The van der Waals surface area contributed by atoms with Crippen molar-refractivity contribution in [3.8, 4) is 0 Å². The molecule has 0 saturated carbocycles. The molecule has 1 aromatic heterocycles. The third kappa shape index (κ3) is 1.12. The second-order valence-corrected chi connectivity index (χ2v) is 2.79. The SMILES string of the molecule is O=CCC1NCCc2cnnn21. The largest absolute Gasteiger partial charge is 0.303 e. The number of hydrogen-bond donors (Lipinski definition) is 1. The highest BCUT2D eigenvalue weighted by Gasteiger charge is 2.18. The molecule has 2 rings (SSSR count). The Morgan fingerprint density at radius 3 is 3.58 bits per heavy atom. The van der Waals surface area contributed by atoms with E-state index in [9.17, 15) is 4.79 Å². The van der Waals surface area contributed by atoms with Crippen LogP contribution in [0.15, 0.2) is 6.20 Å². The van der Waals surface area contributed by atoms with Crippen LogP contribution in [0.5, 0.6) is 0 Å². The van der Waals surface area contributed by atoms with E-state index >= 15 is 0 Å². The van der Waals surface area contributed by atoms with Gasteiger partial charge in [0.05, 0.1) is 11.9 Å². The van der Waals surface area contributed by atoms with E-state index < -0.39 is 0 Å². The van der Waals surface area contributed by atoms with Crippen molar-refractivity contribution in [2.24, 2.45) is 0 Å². The first kappa shape index (κ1) is 7.42. The molecule has 1 N–H and O–H groups in total. The van der Waals surface area contributed by atoms with Crippen LogP contribution in [-0.2, 0) is 11.2 Å². The number of hydrogen-bond acceptors (Lipinski definition) is 4. The van der Waals surface area contributed by atoms with Crippen LogP contribution in [0.25, 0.3) is 0 Å². The van der Waals surface area contributed by atoms with E-state index in [4.69, 9.17) is 0 Å². The van der Waals surface area contributed by atoms with Crippen LogP contribution in [-0.4, -0.2) is 27.8 Å². The van der Waals surface area contributed by atoms with Gasteiger partial charge in [0.25, 0.3) is 0 Å². The van der Waals surface area contributed by atoms with Gasteiger partial charge in [0.15, 0.2) is 0 Å². The van der Waals surface area contributed by atoms with Gasteiger partial charge in [-0.25, -0.2) is 4.68 Å². The predicted octanol–water partition coefficient (Wildman–Crippen LogP) is -0.489. The number of carbonyl (C=O) groups is 1. The molecule has 0 fully saturated rings. The summed E-state index contributed by atoms with van der Waals surface area (Å²) in [4.78, 5) is 10.3. The molecule has 0 saturated heterocycles. The Labute approximate surface area is 69.8 Å². The Kier molecular flexibility index (Phi) is 1.87. The molecule has 5 heteroatoms. The fourth-order valence-corrected chi connectivity index (χ4v) is 1.43. The van der Waals surface area contributed by atoms with Crippen LogP contribution in [0.3, 0.4) is 0 Å². The number of carbonyl (C=O) groups excluding carboxylic acids is 1. The van der Waals surface area contributed by atoms with Crippen molar-refractivity contribution in [2.45, 2.75) is 19.0 Å². The molecule has 5 nitrogen and oxygen atoms in total. The van der Waals surface area contributed by atoms with E-state index in [0.717, 1.165) is 24.9 Å². The predicted molar refractivity (Wildman–Crippen MR) is 41.4 cm³/mol. The molecule has 0 bridgehead atoms. The highest BCUT2D eigenvalue weighted by molar-refractivity contribution is 5.50. The first-order chi connectivity index (χ1) is 5.92. The first-order valence-corrected chi connectivity index (χ1v) is 3.98. The van der Waals surface area contributed by atoms with E-state index in [-0.39, 0.29) is 6.17 Å². The minimum absolute atomic E-state index is 0.00810. The molecule has 1 aromatic rings. The van der Waals surface area contributed by atoms with Gasteiger partial charge in [0.2, 0.25) is 0 Å². The summed E-state index contributed by atoms with van der Waals surface area (Å²) in [6.07, 6.45) is 4.04. The van der Waals surface area contributed by atoms with Crippen LogP contribution in [0.4, 0.5) is 0 Å². The maximum absolute atomic E-state index is 10.3. The average Bonchev–Trinajstić information content (AvgIpc) is 2.53. The van der Waals surface area contributed by atoms with Gasteiger partial charge in [-0.15, -0.1) is 5.10 Å². The lowest BCUT2D eigenvalue weighted by molar-refractivity contribution is -0.108. The Hall–Kier alpha value is -1.23. The topological polar surface area (TPSA) is 59.8 Å². The van der Waals surface area contributed by atoms with Crippen LogP contribution in [0, 0.1) is 0 Å². The van der Waals surface area contributed by atoms with Gasteiger partial charge in [-0.05, 0) is 0 Å². The Morgan fingerprint density at radius 1 is 1.83 bits per heavy atom. The fraction of sp³-hybridized carbons (Fsp3) is 0.571. The summed E-state index contributed by atoms with van der Waals surface area (Å²) in [5, 5.41) is 10.9. The monoisotopic (exact) mass is 166 g/mol. The number of nitrogens with zero attached hydrogens (tertiary/aromatic N) is 3. The number of aldehydes is 1. The molecule has 64 valence electrons. The van der Waals surface area contributed by atoms with Crippen molar-refractivity contribution in [2.75, 3.05) is 6.54 Å². The number of nitrogens with one attached hydrogen (secondary N) is 1. The quantitative estimate of drug-likeness (QED) is 0.602. The Morgan fingerprint density at radius 2 is 2.75 bits per heavy atom. The van der Waals surface area contributed by atoms with Crippen molar-refractivity contribution >= 4 is 6.29 Å². The van der Waals surface area contributed by atoms with Gasteiger partial charge in [0, 0.05) is 19.4 Å². The van der Waals surface area contributed by atoms with Gasteiger partial charge in [0.1, 0.15) is 12.5 Å². The molecular formula is C7H10N4O. The highest BCUT2D eigenvalue weighted by Crippen LogP contribution is 2.12. The molecule has 0 aliphatic carbocycles. The molecule has 1 aliphatic heterocycles. The Bertz CT molecular complexity index is 283. The molecule has 12 heavy (non-hydrogen) atoms. The summed E-state index contributed by atoms with van der Waals surface area (Å²) < 4.78 is 1.78. The van der Waals surface area contributed by atoms with Gasteiger partial charge < -0.3 is 4.79 Å². The lowest BCUT2D eigenvalue weighted by atomic mass is 10.2. The molecule has 0 aromatic carbocycles. The zero-order valence-corrected chi connectivity index (χ0v) is 6.60. The van der Waals surface area contributed by atoms with Gasteiger partial charge in [-0.1, -0.05) is 5.21 Å². The molecule has 0 amide bonds. The van der Waals surface area contributed by atoms with Crippen LogP contribution < -0.4 is 5.32 Å². The first-order valence-electron chi connectivity index (χ1n) is 3.98. The van der Waals surface area contributed by atoms with Crippen molar-refractivity contribution in [3.63, 3.8) is 0 Å². The van der Waals surface area contributed by atoms with Crippen molar-refractivity contribution < 1.29 is 4.79 Å². The molecular weight excluding hydrogens is 156 g/mol. The number of aromatic nitrogens is 3. The summed E-state index contributed by atoms with van der Waals surface area (Å²) >= 11 is 0. The van der Waals surface area contributed by atoms with E-state index in [1.54, 1.807) is 10.9 Å². The summed E-state index contributed by atoms with van der Waals surface area (Å²) in [6, 6.07) is 0. The standard InChI is InChI=1S/C7H10N4O/c12-4-2-7-8-3-1-6-5-9-10-11(6)7/h4-5,7-8H,1-3H2. The maximum atomic E-state index is 10.3. The van der Waals surface area contributed by atoms with Crippen LogP contribution >= 0.6 is 0 Å². The second kappa shape index (κ2) is 3.02. The van der Waals surface area contributed by atoms with E-state index in [1.165, 1.54) is 0 Å². The molecule has 1 aliphatic rings. The average molecular weight is 166 g/mol. The van der Waals surface area contributed by atoms with Gasteiger partial charge >= 0.3 is 0 Å². The van der Waals surface area contributed by atoms with Gasteiger partial charge in [-0.2, -0.15) is 0 Å². The molecule has 1 atom stereocenters. The zero-order valence-electron chi connectivity index (χ0n) is 6.60. The van der Waals surface area contributed by atoms with Crippen molar-refractivity contribution in [1.29, 1.82) is 0 Å². The van der Waals surface area contributed by atoms with Crippen LogP contribution in [0.1, 0.15) is 18.3 Å². The lowest BCUT2D eigenvalue weighted by Gasteiger charge is -2.23. The number of fused-ring (bicyclic) bond motifs is 1. The van der Waals surface area contributed by atoms with E-state index in [1.807, 2.05) is 0 Å². The third-order valence-corrected chi connectivity index (χ3v) is 2.02. The summed E-state index contributed by atoms with van der Waals surface area (Å²) in [5.41, 5.74) is 1.10. The summed E-state index contributed by atoms with van der Waals surface area (Å²) in [6.45, 7) is 0.895. The van der Waals surface area contributed by atoms with Crippen molar-refractivity contribution in [1.82, 2.24) is 20.3 Å². The minimum Gasteiger partial charge on any atom is -0.303 e. The molecule has 1 unspecified atom stereocenters. The Balaban J connectivity index is 2.25. The van der Waals surface area contributed by atoms with Crippen molar-refractivity contribution in [3.05, 3.63) is 11.9 Å². The molecule has 0 spiro atoms. The fourth-order valence-electron chi connectivity index (χ4n) is 1.43.